The molecule has 15 heavy (non-hydrogen) atoms. The molecule has 1 aromatic rings. The van der Waals surface area contributed by atoms with Crippen molar-refractivity contribution in [1.82, 2.24) is 10.2 Å². The molecule has 1 unspecified atom stereocenters. The van der Waals surface area contributed by atoms with Crippen LogP contribution in [0.4, 0.5) is 5.82 Å². The number of nitrogens with zero attached hydrogens (tertiary/aromatic N) is 1. The van der Waals surface area contributed by atoms with E-state index in [4.69, 9.17) is 5.73 Å². The fourth-order valence-electron chi connectivity index (χ4n) is 1.17. The Morgan fingerprint density at radius 2 is 2.27 bits per heavy atom. The lowest BCUT2D eigenvalue weighted by Crippen LogP contribution is -2.26. The minimum absolute atomic E-state index is 0.0784. The zero-order valence-corrected chi connectivity index (χ0v) is 9.42. The Hall–Kier alpha value is -1.36. The van der Waals surface area contributed by atoms with Crippen LogP contribution >= 0.6 is 0 Å². The summed E-state index contributed by atoms with van der Waals surface area (Å²) in [6.45, 7) is 5.78. The third-order valence-corrected chi connectivity index (χ3v) is 2.48. The summed E-state index contributed by atoms with van der Waals surface area (Å²) in [6, 6.07) is -0.0784. The molecule has 4 N–H and O–H groups in total. The highest BCUT2D eigenvalue weighted by atomic mass is 16.1. The predicted octanol–water partition coefficient (Wildman–Crippen LogP) is 1.09. The first-order chi connectivity index (χ1) is 7.04. The molecule has 5 heteroatoms. The summed E-state index contributed by atoms with van der Waals surface area (Å²) < 4.78 is 0. The van der Waals surface area contributed by atoms with Crippen molar-refractivity contribution in [3.05, 3.63) is 11.3 Å². The highest BCUT2D eigenvalue weighted by Crippen LogP contribution is 2.13. The predicted molar refractivity (Wildman–Crippen MR) is 59.6 cm³/mol. The van der Waals surface area contributed by atoms with Crippen molar-refractivity contribution in [1.29, 1.82) is 0 Å². The third kappa shape index (κ3) is 3.06. The third-order valence-electron chi connectivity index (χ3n) is 2.48. The molecule has 0 aliphatic carbocycles. The Morgan fingerprint density at radius 1 is 1.60 bits per heavy atom. The van der Waals surface area contributed by atoms with E-state index in [1.165, 1.54) is 0 Å². The Kier molecular flexibility index (Phi) is 3.85. The number of nitrogens with two attached hydrogens (primary N) is 1. The lowest BCUT2D eigenvalue weighted by molar-refractivity contribution is -0.116. The molecule has 0 saturated carbocycles. The van der Waals surface area contributed by atoms with Crippen molar-refractivity contribution >= 4 is 11.7 Å². The quantitative estimate of drug-likeness (QED) is 0.695. The van der Waals surface area contributed by atoms with E-state index >= 15 is 0 Å². The van der Waals surface area contributed by atoms with Gasteiger partial charge in [-0.15, -0.1) is 0 Å². The van der Waals surface area contributed by atoms with Crippen LogP contribution in [0.5, 0.6) is 0 Å². The number of aryl methyl sites for hydroxylation is 1. The van der Waals surface area contributed by atoms with E-state index < -0.39 is 0 Å². The topological polar surface area (TPSA) is 83.8 Å². The van der Waals surface area contributed by atoms with Gasteiger partial charge in [-0.25, -0.2) is 0 Å². The van der Waals surface area contributed by atoms with Crippen molar-refractivity contribution in [2.75, 3.05) is 5.32 Å². The number of amides is 1. The number of aromatic nitrogens is 2. The first-order valence-corrected chi connectivity index (χ1v) is 5.11. The van der Waals surface area contributed by atoms with Gasteiger partial charge in [-0.3, -0.25) is 9.89 Å². The van der Waals surface area contributed by atoms with Crippen molar-refractivity contribution in [3.8, 4) is 0 Å². The summed E-state index contributed by atoms with van der Waals surface area (Å²) >= 11 is 0. The van der Waals surface area contributed by atoms with E-state index in [0.29, 0.717) is 12.2 Å². The molecule has 1 heterocycles. The van der Waals surface area contributed by atoms with Gasteiger partial charge in [0.05, 0.1) is 0 Å². The van der Waals surface area contributed by atoms with E-state index in [1.54, 1.807) is 0 Å². The van der Waals surface area contributed by atoms with Gasteiger partial charge < -0.3 is 11.1 Å². The Labute approximate surface area is 89.4 Å². The molecule has 0 radical (unpaired) electrons. The number of rotatable bonds is 4. The zero-order chi connectivity index (χ0) is 11.4. The van der Waals surface area contributed by atoms with Crippen LogP contribution in [0.1, 0.15) is 31.0 Å². The maximum Gasteiger partial charge on any atom is 0.227 e. The van der Waals surface area contributed by atoms with Crippen LogP contribution in [0.3, 0.4) is 0 Å². The van der Waals surface area contributed by atoms with Crippen LogP contribution in [-0.2, 0) is 4.79 Å². The number of carbonyl (C=O) groups excluding carboxylic acids is 1. The van der Waals surface area contributed by atoms with Gasteiger partial charge in [0, 0.05) is 23.7 Å². The number of anilines is 1. The van der Waals surface area contributed by atoms with Gasteiger partial charge in [-0.1, -0.05) is 6.92 Å². The van der Waals surface area contributed by atoms with E-state index in [2.05, 4.69) is 15.5 Å². The number of aromatic amines is 1. The smallest absolute Gasteiger partial charge is 0.227 e. The number of hydrogen-bond acceptors (Lipinski definition) is 3. The first kappa shape index (κ1) is 11.7. The molecule has 0 bridgehead atoms. The molecule has 1 rings (SSSR count). The normalized spacial score (nSPS) is 12.5. The van der Waals surface area contributed by atoms with Crippen LogP contribution in [0, 0.1) is 13.8 Å². The fourth-order valence-corrected chi connectivity index (χ4v) is 1.17. The summed E-state index contributed by atoms with van der Waals surface area (Å²) in [6.07, 6.45) is 1.13. The molecule has 0 aliphatic heterocycles. The maximum atomic E-state index is 11.5. The lowest BCUT2D eigenvalue weighted by atomic mass is 10.1. The fraction of sp³-hybridized carbons (Fsp3) is 0.600. The van der Waals surface area contributed by atoms with Gasteiger partial charge >= 0.3 is 0 Å². The second-order valence-corrected chi connectivity index (χ2v) is 3.74. The van der Waals surface area contributed by atoms with Crippen LogP contribution in [0.25, 0.3) is 0 Å². The molecule has 1 amide bonds. The largest absolute Gasteiger partial charge is 0.327 e. The van der Waals surface area contributed by atoms with Crippen molar-refractivity contribution in [2.24, 2.45) is 5.73 Å². The number of hydrogen-bond donors (Lipinski definition) is 3. The number of H-pyrrole nitrogens is 1. The number of carbonyl (C=O) groups is 1. The van der Waals surface area contributed by atoms with Crippen molar-refractivity contribution in [3.63, 3.8) is 0 Å². The average Bonchev–Trinajstić information content (AvgIpc) is 2.49. The van der Waals surface area contributed by atoms with Gasteiger partial charge in [0.15, 0.2) is 5.82 Å². The molecule has 1 aromatic heterocycles. The van der Waals surface area contributed by atoms with E-state index in [1.807, 2.05) is 20.8 Å². The molecular weight excluding hydrogens is 192 g/mol. The van der Waals surface area contributed by atoms with Gasteiger partial charge in [0.1, 0.15) is 0 Å². The van der Waals surface area contributed by atoms with Gasteiger partial charge in [-0.05, 0) is 20.3 Å². The van der Waals surface area contributed by atoms with Gasteiger partial charge in [-0.2, -0.15) is 5.10 Å². The molecule has 0 aliphatic rings. The van der Waals surface area contributed by atoms with Gasteiger partial charge in [0.25, 0.3) is 0 Å². The van der Waals surface area contributed by atoms with Crippen molar-refractivity contribution < 1.29 is 4.79 Å². The highest BCUT2D eigenvalue weighted by molar-refractivity contribution is 5.90. The minimum atomic E-state index is -0.0843. The Morgan fingerprint density at radius 3 is 2.73 bits per heavy atom. The maximum absolute atomic E-state index is 11.5. The molecule has 0 spiro atoms. The lowest BCUT2D eigenvalue weighted by Gasteiger charge is -2.08. The van der Waals surface area contributed by atoms with Crippen LogP contribution < -0.4 is 11.1 Å². The standard InChI is InChI=1S/C10H18N4O/c1-4-8(11)5-9(15)12-10-6(2)7(3)13-14-10/h8H,4-5,11H2,1-3H3,(H2,12,13,14,15). The van der Waals surface area contributed by atoms with E-state index in [-0.39, 0.29) is 11.9 Å². The average molecular weight is 210 g/mol. The number of nitrogens with one attached hydrogen (secondary N) is 2. The second kappa shape index (κ2) is 4.93. The van der Waals surface area contributed by atoms with Gasteiger partial charge in [0.2, 0.25) is 5.91 Å². The SMILES string of the molecule is CCC(N)CC(=O)Nc1n[nH]c(C)c1C. The molecule has 5 nitrogen and oxygen atoms in total. The summed E-state index contributed by atoms with van der Waals surface area (Å²) in [7, 11) is 0. The summed E-state index contributed by atoms with van der Waals surface area (Å²) in [5.74, 6) is 0.514. The monoisotopic (exact) mass is 210 g/mol. The minimum Gasteiger partial charge on any atom is -0.327 e. The summed E-state index contributed by atoms with van der Waals surface area (Å²) in [5, 5.41) is 9.54. The molecule has 0 aromatic carbocycles. The van der Waals surface area contributed by atoms with Crippen LogP contribution in [0.2, 0.25) is 0 Å². The van der Waals surface area contributed by atoms with Crippen LogP contribution in [0.15, 0.2) is 0 Å². The molecule has 0 saturated heterocycles. The second-order valence-electron chi connectivity index (χ2n) is 3.74. The summed E-state index contributed by atoms with van der Waals surface area (Å²) in [4.78, 5) is 11.5. The first-order valence-electron chi connectivity index (χ1n) is 5.11. The Balaban J connectivity index is 2.55. The van der Waals surface area contributed by atoms with Crippen LogP contribution in [-0.4, -0.2) is 22.1 Å². The van der Waals surface area contributed by atoms with E-state index in [9.17, 15) is 4.79 Å². The Bertz CT molecular complexity index is 345. The zero-order valence-electron chi connectivity index (χ0n) is 9.42. The van der Waals surface area contributed by atoms with Crippen molar-refractivity contribution in [2.45, 2.75) is 39.7 Å². The molecule has 0 fully saturated rings. The molecule has 84 valence electrons. The highest BCUT2D eigenvalue weighted by Gasteiger charge is 2.11. The van der Waals surface area contributed by atoms with E-state index in [0.717, 1.165) is 17.7 Å². The molecular formula is C10H18N4O. The molecule has 1 atom stereocenters. The summed E-state index contributed by atoms with van der Waals surface area (Å²) in [5.41, 5.74) is 7.61.